The van der Waals surface area contributed by atoms with Crippen LogP contribution in [0.2, 0.25) is 0 Å². The SMILES string of the molecule is Cl.Cl.NC[C@@H]1CN(C(=O)c2cnc(Cc3ccccc3)s2)C[C@H]1c1ccccc1. The molecular weight excluding hydrogens is 425 g/mol. The average Bonchev–Trinajstić information content (AvgIpc) is 3.36. The van der Waals surface area contributed by atoms with Crippen LogP contribution in [0.3, 0.4) is 0 Å². The predicted octanol–water partition coefficient (Wildman–Crippen LogP) is 4.39. The number of rotatable bonds is 5. The number of amides is 1. The van der Waals surface area contributed by atoms with Crippen LogP contribution in [0.4, 0.5) is 0 Å². The highest BCUT2D eigenvalue weighted by Crippen LogP contribution is 2.33. The monoisotopic (exact) mass is 449 g/mol. The zero-order chi connectivity index (χ0) is 18.6. The Labute approximate surface area is 188 Å². The molecule has 7 heteroatoms. The highest BCUT2D eigenvalue weighted by atomic mass is 35.5. The van der Waals surface area contributed by atoms with Crippen LogP contribution in [0.5, 0.6) is 0 Å². The fraction of sp³-hybridized carbons (Fsp3) is 0.273. The molecule has 4 rings (SSSR count). The first-order chi connectivity index (χ1) is 13.2. The normalized spacial score (nSPS) is 18.0. The van der Waals surface area contributed by atoms with Gasteiger partial charge in [-0.2, -0.15) is 0 Å². The Morgan fingerprint density at radius 1 is 1.03 bits per heavy atom. The Balaban J connectivity index is 0.00000150. The summed E-state index contributed by atoms with van der Waals surface area (Å²) in [5.41, 5.74) is 8.47. The second-order valence-electron chi connectivity index (χ2n) is 7.00. The minimum atomic E-state index is 0. The quantitative estimate of drug-likeness (QED) is 0.627. The molecule has 2 N–H and O–H groups in total. The van der Waals surface area contributed by atoms with Gasteiger partial charge in [0, 0.05) is 25.4 Å². The van der Waals surface area contributed by atoms with Gasteiger partial charge in [0.25, 0.3) is 5.91 Å². The predicted molar refractivity (Wildman–Crippen MR) is 123 cm³/mol. The molecule has 1 aliphatic heterocycles. The lowest BCUT2D eigenvalue weighted by atomic mass is 9.89. The van der Waals surface area contributed by atoms with Crippen LogP contribution >= 0.6 is 36.2 Å². The van der Waals surface area contributed by atoms with E-state index in [4.69, 9.17) is 5.73 Å². The zero-order valence-electron chi connectivity index (χ0n) is 15.9. The van der Waals surface area contributed by atoms with Crippen LogP contribution in [0.25, 0.3) is 0 Å². The van der Waals surface area contributed by atoms with Crippen molar-refractivity contribution in [2.45, 2.75) is 12.3 Å². The number of nitrogens with two attached hydrogens (primary N) is 1. The largest absolute Gasteiger partial charge is 0.337 e. The summed E-state index contributed by atoms with van der Waals surface area (Å²) in [5.74, 6) is 0.675. The van der Waals surface area contributed by atoms with E-state index in [-0.39, 0.29) is 30.7 Å². The minimum absolute atomic E-state index is 0. The Bertz CT molecular complexity index is 905. The van der Waals surface area contributed by atoms with E-state index in [0.717, 1.165) is 18.0 Å². The molecule has 0 radical (unpaired) electrons. The molecular formula is C22H25Cl2N3OS. The molecule has 0 saturated carbocycles. The van der Waals surface area contributed by atoms with E-state index < -0.39 is 0 Å². The molecule has 29 heavy (non-hydrogen) atoms. The van der Waals surface area contributed by atoms with Gasteiger partial charge in [0.05, 0.1) is 11.2 Å². The molecule has 1 fully saturated rings. The van der Waals surface area contributed by atoms with Gasteiger partial charge in [0.1, 0.15) is 4.88 Å². The molecule has 4 nitrogen and oxygen atoms in total. The molecule has 1 amide bonds. The first-order valence-corrected chi connectivity index (χ1v) is 10.1. The molecule has 2 aromatic carbocycles. The van der Waals surface area contributed by atoms with Gasteiger partial charge in [0.2, 0.25) is 0 Å². The maximum atomic E-state index is 13.0. The van der Waals surface area contributed by atoms with E-state index >= 15 is 0 Å². The molecule has 1 saturated heterocycles. The van der Waals surface area contributed by atoms with Crippen molar-refractivity contribution < 1.29 is 4.79 Å². The summed E-state index contributed by atoms with van der Waals surface area (Å²) in [6.45, 7) is 2.02. The van der Waals surface area contributed by atoms with Crippen LogP contribution < -0.4 is 5.73 Å². The fourth-order valence-electron chi connectivity index (χ4n) is 3.77. The molecule has 3 aromatic rings. The third kappa shape index (κ3) is 5.37. The molecule has 2 heterocycles. The van der Waals surface area contributed by atoms with Crippen molar-refractivity contribution in [1.29, 1.82) is 0 Å². The summed E-state index contributed by atoms with van der Waals surface area (Å²) in [4.78, 5) is 20.1. The molecule has 1 aromatic heterocycles. The van der Waals surface area contributed by atoms with Gasteiger partial charge in [-0.1, -0.05) is 60.7 Å². The lowest BCUT2D eigenvalue weighted by Gasteiger charge is -2.16. The van der Waals surface area contributed by atoms with E-state index in [1.54, 1.807) is 6.20 Å². The summed E-state index contributed by atoms with van der Waals surface area (Å²) in [6, 6.07) is 20.6. The molecule has 0 spiro atoms. The molecule has 2 atom stereocenters. The van der Waals surface area contributed by atoms with E-state index in [9.17, 15) is 4.79 Å². The standard InChI is InChI=1S/C22H23N3OS.2ClH/c23-12-18-14-25(15-19(18)17-9-5-2-6-10-17)22(26)20-13-24-21(27-20)11-16-7-3-1-4-8-16;;/h1-10,13,18-19H,11-12,14-15,23H2;2*1H/t18-,19+;;/m1../s1. The van der Waals surface area contributed by atoms with Crippen molar-refractivity contribution >= 4 is 42.1 Å². The number of carbonyl (C=O) groups is 1. The molecule has 1 aliphatic rings. The number of hydrogen-bond donors (Lipinski definition) is 1. The number of carbonyl (C=O) groups excluding carboxylic acids is 1. The number of benzene rings is 2. The third-order valence-electron chi connectivity index (χ3n) is 5.22. The lowest BCUT2D eigenvalue weighted by molar-refractivity contribution is 0.0791. The van der Waals surface area contributed by atoms with Crippen molar-refractivity contribution in [2.75, 3.05) is 19.6 Å². The lowest BCUT2D eigenvalue weighted by Crippen LogP contribution is -2.29. The van der Waals surface area contributed by atoms with Crippen molar-refractivity contribution in [2.24, 2.45) is 11.7 Å². The van der Waals surface area contributed by atoms with Gasteiger partial charge in [-0.25, -0.2) is 4.98 Å². The first-order valence-electron chi connectivity index (χ1n) is 9.27. The average molecular weight is 450 g/mol. The first kappa shape index (κ1) is 23.4. The second-order valence-corrected chi connectivity index (χ2v) is 8.12. The Morgan fingerprint density at radius 3 is 2.34 bits per heavy atom. The Kier molecular flexibility index (Phi) is 8.65. The number of halogens is 2. The second kappa shape index (κ2) is 10.7. The Morgan fingerprint density at radius 2 is 1.69 bits per heavy atom. The van der Waals surface area contributed by atoms with Crippen molar-refractivity contribution in [3.8, 4) is 0 Å². The highest BCUT2D eigenvalue weighted by Gasteiger charge is 2.36. The number of likely N-dealkylation sites (tertiary alicyclic amines) is 1. The molecule has 0 aliphatic carbocycles. The van der Waals surface area contributed by atoms with Gasteiger partial charge < -0.3 is 10.6 Å². The van der Waals surface area contributed by atoms with Crippen LogP contribution in [-0.2, 0) is 6.42 Å². The van der Waals surface area contributed by atoms with Crippen molar-refractivity contribution in [3.05, 3.63) is 87.9 Å². The van der Waals surface area contributed by atoms with Gasteiger partial charge >= 0.3 is 0 Å². The summed E-state index contributed by atoms with van der Waals surface area (Å²) >= 11 is 1.49. The van der Waals surface area contributed by atoms with Gasteiger partial charge in [0.15, 0.2) is 0 Å². The maximum Gasteiger partial charge on any atom is 0.265 e. The van der Waals surface area contributed by atoms with Crippen molar-refractivity contribution in [3.63, 3.8) is 0 Å². The summed E-state index contributed by atoms with van der Waals surface area (Å²) in [7, 11) is 0. The number of hydrogen-bond acceptors (Lipinski definition) is 4. The fourth-order valence-corrected chi connectivity index (χ4v) is 4.69. The van der Waals surface area contributed by atoms with Gasteiger partial charge in [-0.15, -0.1) is 36.2 Å². The number of nitrogens with zero attached hydrogens (tertiary/aromatic N) is 2. The topological polar surface area (TPSA) is 59.2 Å². The van der Waals surface area contributed by atoms with Crippen molar-refractivity contribution in [1.82, 2.24) is 9.88 Å². The highest BCUT2D eigenvalue weighted by molar-refractivity contribution is 7.13. The van der Waals surface area contributed by atoms with Crippen LogP contribution in [0.15, 0.2) is 66.9 Å². The van der Waals surface area contributed by atoms with E-state index in [1.807, 2.05) is 41.3 Å². The van der Waals surface area contributed by atoms with Gasteiger partial charge in [-0.05, 0) is 23.6 Å². The molecule has 154 valence electrons. The Hall–Kier alpha value is -1.92. The summed E-state index contributed by atoms with van der Waals surface area (Å²) in [5, 5.41) is 0.971. The number of thiazole rings is 1. The van der Waals surface area contributed by atoms with Crippen LogP contribution in [0.1, 0.15) is 31.7 Å². The smallest absolute Gasteiger partial charge is 0.265 e. The van der Waals surface area contributed by atoms with E-state index in [2.05, 4.69) is 29.2 Å². The summed E-state index contributed by atoms with van der Waals surface area (Å²) < 4.78 is 0. The van der Waals surface area contributed by atoms with Crippen LogP contribution in [-0.4, -0.2) is 35.4 Å². The third-order valence-corrected chi connectivity index (χ3v) is 6.21. The van der Waals surface area contributed by atoms with Crippen LogP contribution in [0, 0.1) is 5.92 Å². The van der Waals surface area contributed by atoms with E-state index in [0.29, 0.717) is 29.8 Å². The summed E-state index contributed by atoms with van der Waals surface area (Å²) in [6.07, 6.45) is 2.48. The van der Waals surface area contributed by atoms with E-state index in [1.165, 1.54) is 22.5 Å². The number of aromatic nitrogens is 1. The molecule has 0 unspecified atom stereocenters. The molecule has 0 bridgehead atoms. The van der Waals surface area contributed by atoms with Gasteiger partial charge in [-0.3, -0.25) is 4.79 Å². The zero-order valence-corrected chi connectivity index (χ0v) is 18.4. The minimum Gasteiger partial charge on any atom is -0.337 e. The maximum absolute atomic E-state index is 13.0.